The van der Waals surface area contributed by atoms with Gasteiger partial charge in [-0.15, -0.1) is 5.10 Å². The van der Waals surface area contributed by atoms with Crippen LogP contribution in [0.15, 0.2) is 54.7 Å². The number of carbonyl (C=O) groups is 1. The maximum Gasteiger partial charge on any atom is 0.322 e. The van der Waals surface area contributed by atoms with E-state index in [0.29, 0.717) is 18.8 Å². The monoisotopic (exact) mass is 600 g/mol. The number of anilines is 1. The van der Waals surface area contributed by atoms with Gasteiger partial charge in [0.2, 0.25) is 10.0 Å². The highest BCUT2D eigenvalue weighted by molar-refractivity contribution is 7.89. The van der Waals surface area contributed by atoms with Gasteiger partial charge in [-0.2, -0.15) is 5.10 Å². The number of nitrogens with zero attached hydrogens (tertiary/aromatic N) is 2. The van der Waals surface area contributed by atoms with Gasteiger partial charge in [-0.05, 0) is 75.2 Å². The Kier molecular flexibility index (Phi) is 13.9. The van der Waals surface area contributed by atoms with E-state index in [-0.39, 0.29) is 12.2 Å². The number of aliphatic carboxylic acids is 1. The zero-order valence-corrected chi connectivity index (χ0v) is 25.1. The number of hydrogen-bond acceptors (Lipinski definition) is 9. The maximum atomic E-state index is 12.0. The number of nitrogens with two attached hydrogens (primary N) is 1. The van der Waals surface area contributed by atoms with Crippen molar-refractivity contribution in [2.45, 2.75) is 64.3 Å². The highest BCUT2D eigenvalue weighted by Gasteiger charge is 2.24. The number of aromatic nitrogens is 2. The fourth-order valence-electron chi connectivity index (χ4n) is 4.78. The first kappa shape index (κ1) is 33.2. The van der Waals surface area contributed by atoms with Crippen molar-refractivity contribution in [1.29, 1.82) is 0 Å². The normalized spacial score (nSPS) is 14.5. The molecule has 1 aliphatic heterocycles. The summed E-state index contributed by atoms with van der Waals surface area (Å²) < 4.78 is 32.1. The number of carboxylic acid groups (broad SMARTS) is 1. The first-order chi connectivity index (χ1) is 20.3. The summed E-state index contributed by atoms with van der Waals surface area (Å²) in [7, 11) is -3.60. The smallest absolute Gasteiger partial charge is 0.322 e. The largest absolute Gasteiger partial charge is 0.494 e. The Hall–Kier alpha value is -3.32. The Labute approximate surface area is 248 Å². The Morgan fingerprint density at radius 1 is 1.12 bits per heavy atom. The van der Waals surface area contributed by atoms with Gasteiger partial charge >= 0.3 is 5.97 Å². The molecule has 0 amide bonds. The van der Waals surface area contributed by atoms with E-state index >= 15 is 0 Å². The summed E-state index contributed by atoms with van der Waals surface area (Å²) in [5.74, 6) is 6.22. The van der Waals surface area contributed by atoms with Crippen LogP contribution < -0.4 is 26.0 Å². The van der Waals surface area contributed by atoms with Gasteiger partial charge in [0, 0.05) is 10.8 Å². The molecule has 1 aliphatic rings. The summed E-state index contributed by atoms with van der Waals surface area (Å²) in [5.41, 5.74) is 3.25. The van der Waals surface area contributed by atoms with E-state index in [1.54, 1.807) is 18.3 Å². The molecule has 4 rings (SSSR count). The zero-order chi connectivity index (χ0) is 30.2. The number of sulfonamides is 1. The van der Waals surface area contributed by atoms with Crippen molar-refractivity contribution in [3.05, 3.63) is 60.3 Å². The van der Waals surface area contributed by atoms with E-state index in [9.17, 15) is 18.3 Å². The van der Waals surface area contributed by atoms with E-state index in [2.05, 4.69) is 25.7 Å². The molecular formula is C30H44N6O5S. The second kappa shape index (κ2) is 17.6. The number of rotatable bonds is 15. The molecule has 0 unspecified atom stereocenters. The number of piperidine rings is 1. The number of hydrazine groups is 1. The quantitative estimate of drug-likeness (QED) is 0.0981. The van der Waals surface area contributed by atoms with Crippen molar-refractivity contribution < 1.29 is 23.1 Å². The molecule has 1 atom stereocenters. The van der Waals surface area contributed by atoms with Crippen LogP contribution in [0.1, 0.15) is 57.4 Å². The highest BCUT2D eigenvalue weighted by Crippen LogP contribution is 2.20. The number of nitrogen functional groups attached to an aromatic ring is 1. The molecule has 0 spiro atoms. The van der Waals surface area contributed by atoms with Crippen molar-refractivity contribution in [3.63, 3.8) is 0 Å². The number of ether oxygens (including phenoxy) is 1. The van der Waals surface area contributed by atoms with E-state index in [1.165, 1.54) is 25.7 Å². The first-order valence-electron chi connectivity index (χ1n) is 14.6. The van der Waals surface area contributed by atoms with Crippen LogP contribution in [0.2, 0.25) is 0 Å². The minimum absolute atomic E-state index is 0.0578. The van der Waals surface area contributed by atoms with E-state index < -0.39 is 22.0 Å². The second-order valence-electron chi connectivity index (χ2n) is 10.5. The van der Waals surface area contributed by atoms with Crippen LogP contribution in [0.5, 0.6) is 5.75 Å². The average Bonchev–Trinajstić information content (AvgIpc) is 3.01. The predicted molar refractivity (Wildman–Crippen MR) is 166 cm³/mol. The van der Waals surface area contributed by atoms with Crippen LogP contribution in [-0.2, 0) is 21.2 Å². The molecule has 0 bridgehead atoms. The van der Waals surface area contributed by atoms with E-state index in [0.717, 1.165) is 53.9 Å². The van der Waals surface area contributed by atoms with Gasteiger partial charge in [0.15, 0.2) is 5.82 Å². The number of hydrogen-bond donors (Lipinski definition) is 5. The lowest BCUT2D eigenvalue weighted by molar-refractivity contribution is -0.138. The Balaban J connectivity index is 0.000000332. The van der Waals surface area contributed by atoms with Gasteiger partial charge in [-0.1, -0.05) is 56.2 Å². The Morgan fingerprint density at radius 3 is 2.55 bits per heavy atom. The van der Waals surface area contributed by atoms with Crippen molar-refractivity contribution in [2.24, 2.45) is 11.8 Å². The summed E-state index contributed by atoms with van der Waals surface area (Å²) in [5, 5.41) is 22.4. The molecule has 2 heterocycles. The average molecular weight is 601 g/mol. The van der Waals surface area contributed by atoms with E-state index in [4.69, 9.17) is 10.6 Å². The topological polar surface area (TPSA) is 169 Å². The predicted octanol–water partition coefficient (Wildman–Crippen LogP) is 3.87. The Bertz CT molecular complexity index is 1330. The van der Waals surface area contributed by atoms with Crippen molar-refractivity contribution in [1.82, 2.24) is 20.2 Å². The summed E-state index contributed by atoms with van der Waals surface area (Å²) >= 11 is 0. The standard InChI is InChI=1S/C22H36N2O5S.C8H8N4/c1-2-3-16-30(27,28)24-21(22(25)26)17-19-7-9-20(10-8-19)29-15-5-4-6-18-11-13-23-14-12-18;9-11-8-7-4-2-1-3-6(7)5-10-12-8/h7-10,18,21,23-24H,2-6,11-17H2,1H3,(H,25,26);1-5H,9H2,(H,11,12)/t21-;/m0./s1. The molecule has 2 aromatic carbocycles. The molecule has 1 saturated heterocycles. The summed E-state index contributed by atoms with van der Waals surface area (Å²) in [6.07, 6.45) is 9.03. The molecule has 6 N–H and O–H groups in total. The number of benzene rings is 2. The maximum absolute atomic E-state index is 12.0. The van der Waals surface area contributed by atoms with Gasteiger partial charge in [-0.25, -0.2) is 19.0 Å². The Morgan fingerprint density at radius 2 is 1.86 bits per heavy atom. The van der Waals surface area contributed by atoms with Crippen molar-refractivity contribution >= 4 is 32.6 Å². The molecule has 0 aliphatic carbocycles. The fraction of sp³-hybridized carbons (Fsp3) is 0.500. The number of fused-ring (bicyclic) bond motifs is 1. The van der Waals surface area contributed by atoms with Crippen LogP contribution in [0.4, 0.5) is 5.82 Å². The van der Waals surface area contributed by atoms with Crippen LogP contribution in [0, 0.1) is 5.92 Å². The lowest BCUT2D eigenvalue weighted by Gasteiger charge is -2.22. The SMILES string of the molecule is CCCCS(=O)(=O)N[C@@H](Cc1ccc(OCCCCC2CCNCC2)cc1)C(=O)O.NNc1nncc2ccccc12. The molecule has 3 aromatic rings. The van der Waals surface area contributed by atoms with Crippen molar-refractivity contribution in [2.75, 3.05) is 30.9 Å². The molecule has 0 radical (unpaired) electrons. The van der Waals surface area contributed by atoms with Crippen LogP contribution >= 0.6 is 0 Å². The number of nitrogens with one attached hydrogen (secondary N) is 3. The molecule has 1 aromatic heterocycles. The van der Waals surface area contributed by atoms with Gasteiger partial charge < -0.3 is 20.6 Å². The fourth-order valence-corrected chi connectivity index (χ4v) is 6.18. The third-order valence-electron chi connectivity index (χ3n) is 7.19. The third kappa shape index (κ3) is 11.5. The summed E-state index contributed by atoms with van der Waals surface area (Å²) in [6, 6.07) is 13.8. The minimum atomic E-state index is -3.60. The lowest BCUT2D eigenvalue weighted by atomic mass is 9.93. The lowest BCUT2D eigenvalue weighted by Crippen LogP contribution is -2.43. The van der Waals surface area contributed by atoms with Gasteiger partial charge in [0.25, 0.3) is 0 Å². The number of unbranched alkanes of at least 4 members (excludes halogenated alkanes) is 2. The molecular weight excluding hydrogens is 556 g/mol. The van der Waals surface area contributed by atoms with Gasteiger partial charge in [0.05, 0.1) is 18.6 Å². The highest BCUT2D eigenvalue weighted by atomic mass is 32.2. The van der Waals surface area contributed by atoms with E-state index in [1.807, 2.05) is 43.3 Å². The number of carboxylic acids is 1. The first-order valence-corrected chi connectivity index (χ1v) is 16.3. The molecule has 0 saturated carbocycles. The van der Waals surface area contributed by atoms with Crippen LogP contribution in [-0.4, -0.2) is 61.2 Å². The summed E-state index contributed by atoms with van der Waals surface area (Å²) in [6.45, 7) is 4.83. The molecule has 12 heteroatoms. The molecule has 1 fully saturated rings. The van der Waals surface area contributed by atoms with Crippen LogP contribution in [0.3, 0.4) is 0 Å². The van der Waals surface area contributed by atoms with Gasteiger partial charge in [0.1, 0.15) is 11.8 Å². The van der Waals surface area contributed by atoms with Crippen LogP contribution in [0.25, 0.3) is 10.8 Å². The second-order valence-corrected chi connectivity index (χ2v) is 12.4. The molecule has 230 valence electrons. The molecule has 11 nitrogen and oxygen atoms in total. The van der Waals surface area contributed by atoms with Gasteiger partial charge in [-0.3, -0.25) is 4.79 Å². The molecule has 42 heavy (non-hydrogen) atoms. The third-order valence-corrected chi connectivity index (χ3v) is 8.66. The summed E-state index contributed by atoms with van der Waals surface area (Å²) in [4.78, 5) is 11.5. The zero-order valence-electron chi connectivity index (χ0n) is 24.3. The minimum Gasteiger partial charge on any atom is -0.494 e. The van der Waals surface area contributed by atoms with Crippen molar-refractivity contribution in [3.8, 4) is 5.75 Å².